The van der Waals surface area contributed by atoms with Crippen molar-refractivity contribution in [3.05, 3.63) is 22.9 Å². The standard InChI is InChI=1S/C16H21NO3/c18-16(19)13-10-12-6-1-2-7-14(12)17-15(13)20-9-8-11-4-3-5-11/h10-11H,1-9H2,(H,18,19). The van der Waals surface area contributed by atoms with Gasteiger partial charge in [0.25, 0.3) is 0 Å². The zero-order chi connectivity index (χ0) is 13.9. The van der Waals surface area contributed by atoms with E-state index in [1.54, 1.807) is 6.07 Å². The molecular weight excluding hydrogens is 254 g/mol. The number of aromatic carboxylic acids is 1. The highest BCUT2D eigenvalue weighted by atomic mass is 16.5. The van der Waals surface area contributed by atoms with Gasteiger partial charge >= 0.3 is 5.97 Å². The second kappa shape index (κ2) is 5.81. The van der Waals surface area contributed by atoms with Crippen molar-refractivity contribution in [1.29, 1.82) is 0 Å². The third kappa shape index (κ3) is 2.79. The number of rotatable bonds is 5. The summed E-state index contributed by atoms with van der Waals surface area (Å²) in [5.74, 6) is 0.142. The fraction of sp³-hybridized carbons (Fsp3) is 0.625. The van der Waals surface area contributed by atoms with Crippen molar-refractivity contribution in [1.82, 2.24) is 4.98 Å². The number of carbonyl (C=O) groups is 1. The number of pyridine rings is 1. The van der Waals surface area contributed by atoms with Gasteiger partial charge in [-0.05, 0) is 49.7 Å². The van der Waals surface area contributed by atoms with Gasteiger partial charge in [0.1, 0.15) is 5.56 Å². The molecule has 4 heteroatoms. The maximum Gasteiger partial charge on any atom is 0.341 e. The van der Waals surface area contributed by atoms with E-state index < -0.39 is 5.97 Å². The number of carboxylic acid groups (broad SMARTS) is 1. The molecule has 2 aliphatic carbocycles. The van der Waals surface area contributed by atoms with Crippen molar-refractivity contribution in [2.75, 3.05) is 6.61 Å². The van der Waals surface area contributed by atoms with Gasteiger partial charge in [0.2, 0.25) is 5.88 Å². The Morgan fingerprint density at radius 1 is 1.30 bits per heavy atom. The van der Waals surface area contributed by atoms with Crippen molar-refractivity contribution in [2.45, 2.75) is 51.4 Å². The molecule has 20 heavy (non-hydrogen) atoms. The minimum absolute atomic E-state index is 0.222. The maximum atomic E-state index is 11.4. The Bertz CT molecular complexity index is 509. The van der Waals surface area contributed by atoms with Crippen molar-refractivity contribution in [2.24, 2.45) is 5.92 Å². The predicted octanol–water partition coefficient (Wildman–Crippen LogP) is 3.23. The first-order valence-electron chi connectivity index (χ1n) is 7.63. The lowest BCUT2D eigenvalue weighted by Gasteiger charge is -2.25. The lowest BCUT2D eigenvalue weighted by Crippen LogP contribution is -2.17. The van der Waals surface area contributed by atoms with E-state index in [-0.39, 0.29) is 5.56 Å². The molecule has 0 unspecified atom stereocenters. The minimum atomic E-state index is -0.940. The summed E-state index contributed by atoms with van der Waals surface area (Å²) in [6, 6.07) is 1.77. The maximum absolute atomic E-state index is 11.4. The van der Waals surface area contributed by atoms with Crippen LogP contribution in [0.25, 0.3) is 0 Å². The van der Waals surface area contributed by atoms with E-state index in [2.05, 4.69) is 4.98 Å². The summed E-state index contributed by atoms with van der Waals surface area (Å²) in [5, 5.41) is 9.31. The van der Waals surface area contributed by atoms with Gasteiger partial charge in [-0.3, -0.25) is 0 Å². The van der Waals surface area contributed by atoms with Crippen LogP contribution in [0.4, 0.5) is 0 Å². The molecule has 2 aliphatic rings. The Labute approximate surface area is 119 Å². The summed E-state index contributed by atoms with van der Waals surface area (Å²) in [6.07, 6.45) is 9.03. The molecule has 3 rings (SSSR count). The van der Waals surface area contributed by atoms with E-state index >= 15 is 0 Å². The van der Waals surface area contributed by atoms with E-state index in [1.807, 2.05) is 0 Å². The third-order valence-corrected chi connectivity index (χ3v) is 4.49. The highest BCUT2D eigenvalue weighted by Crippen LogP contribution is 2.30. The van der Waals surface area contributed by atoms with Gasteiger partial charge in [-0.2, -0.15) is 0 Å². The Balaban J connectivity index is 1.74. The first-order valence-corrected chi connectivity index (χ1v) is 7.63. The van der Waals surface area contributed by atoms with Crippen LogP contribution in [0.15, 0.2) is 6.07 Å². The monoisotopic (exact) mass is 275 g/mol. The molecule has 108 valence electrons. The Morgan fingerprint density at radius 3 is 2.80 bits per heavy atom. The van der Waals surface area contributed by atoms with Crippen LogP contribution in [0.2, 0.25) is 0 Å². The molecule has 1 aromatic rings. The fourth-order valence-electron chi connectivity index (χ4n) is 2.98. The molecule has 0 bridgehead atoms. The summed E-state index contributed by atoms with van der Waals surface area (Å²) in [5.41, 5.74) is 2.33. The summed E-state index contributed by atoms with van der Waals surface area (Å²) in [4.78, 5) is 15.8. The average Bonchev–Trinajstić information content (AvgIpc) is 2.40. The van der Waals surface area contributed by atoms with Crippen molar-refractivity contribution in [3.8, 4) is 5.88 Å². The van der Waals surface area contributed by atoms with Crippen molar-refractivity contribution >= 4 is 5.97 Å². The van der Waals surface area contributed by atoms with E-state index in [1.165, 1.54) is 19.3 Å². The van der Waals surface area contributed by atoms with Crippen LogP contribution in [0.3, 0.4) is 0 Å². The number of aromatic nitrogens is 1. The van der Waals surface area contributed by atoms with Crippen LogP contribution >= 0.6 is 0 Å². The SMILES string of the molecule is O=C(O)c1cc2c(nc1OCCC1CCC1)CCCC2. The number of carboxylic acids is 1. The first kappa shape index (κ1) is 13.4. The van der Waals surface area contributed by atoms with Crippen LogP contribution in [0.1, 0.15) is 60.1 Å². The third-order valence-electron chi connectivity index (χ3n) is 4.49. The van der Waals surface area contributed by atoms with Gasteiger partial charge in [-0.15, -0.1) is 0 Å². The molecule has 1 heterocycles. The summed E-state index contributed by atoms with van der Waals surface area (Å²) < 4.78 is 5.68. The van der Waals surface area contributed by atoms with Gasteiger partial charge in [0, 0.05) is 5.69 Å². The zero-order valence-corrected chi connectivity index (χ0v) is 11.7. The number of aryl methyl sites for hydroxylation is 2. The molecular formula is C16H21NO3. The molecule has 0 aromatic carbocycles. The molecule has 0 aliphatic heterocycles. The van der Waals surface area contributed by atoms with Gasteiger partial charge in [0.05, 0.1) is 6.61 Å². The van der Waals surface area contributed by atoms with Crippen LogP contribution in [0, 0.1) is 5.92 Å². The summed E-state index contributed by atoms with van der Waals surface area (Å²) in [7, 11) is 0. The smallest absolute Gasteiger partial charge is 0.341 e. The lowest BCUT2D eigenvalue weighted by atomic mass is 9.83. The molecule has 1 fully saturated rings. The molecule has 0 radical (unpaired) electrons. The number of fused-ring (bicyclic) bond motifs is 1. The van der Waals surface area contributed by atoms with E-state index in [9.17, 15) is 9.90 Å². The molecule has 0 saturated heterocycles. The molecule has 1 N–H and O–H groups in total. The van der Waals surface area contributed by atoms with E-state index in [4.69, 9.17) is 4.74 Å². The minimum Gasteiger partial charge on any atom is -0.477 e. The van der Waals surface area contributed by atoms with Gasteiger partial charge < -0.3 is 9.84 Å². The van der Waals surface area contributed by atoms with Gasteiger partial charge in [-0.25, -0.2) is 9.78 Å². The quantitative estimate of drug-likeness (QED) is 0.896. The van der Waals surface area contributed by atoms with Crippen LogP contribution in [-0.4, -0.2) is 22.7 Å². The summed E-state index contributed by atoms with van der Waals surface area (Å²) in [6.45, 7) is 0.580. The van der Waals surface area contributed by atoms with Crippen LogP contribution in [-0.2, 0) is 12.8 Å². The number of hydrogen-bond acceptors (Lipinski definition) is 3. The summed E-state index contributed by atoms with van der Waals surface area (Å²) >= 11 is 0. The van der Waals surface area contributed by atoms with Gasteiger partial charge in [0.15, 0.2) is 0 Å². The second-order valence-electron chi connectivity index (χ2n) is 5.89. The lowest BCUT2D eigenvalue weighted by molar-refractivity contribution is 0.0690. The first-order chi connectivity index (χ1) is 9.74. The van der Waals surface area contributed by atoms with Crippen molar-refractivity contribution in [3.63, 3.8) is 0 Å². The number of hydrogen-bond donors (Lipinski definition) is 1. The molecule has 1 aromatic heterocycles. The molecule has 0 spiro atoms. The second-order valence-corrected chi connectivity index (χ2v) is 5.89. The van der Waals surface area contributed by atoms with Gasteiger partial charge in [-0.1, -0.05) is 19.3 Å². The largest absolute Gasteiger partial charge is 0.477 e. The molecule has 1 saturated carbocycles. The zero-order valence-electron chi connectivity index (χ0n) is 11.7. The fourth-order valence-corrected chi connectivity index (χ4v) is 2.98. The molecule has 0 amide bonds. The number of ether oxygens (including phenoxy) is 1. The predicted molar refractivity (Wildman–Crippen MR) is 75.3 cm³/mol. The number of nitrogens with zero attached hydrogens (tertiary/aromatic N) is 1. The Morgan fingerprint density at radius 2 is 2.10 bits per heavy atom. The highest BCUT2D eigenvalue weighted by Gasteiger charge is 2.21. The Hall–Kier alpha value is -1.58. The van der Waals surface area contributed by atoms with Crippen LogP contribution < -0.4 is 4.74 Å². The molecule has 4 nitrogen and oxygen atoms in total. The van der Waals surface area contributed by atoms with Crippen LogP contribution in [0.5, 0.6) is 5.88 Å². The van der Waals surface area contributed by atoms with Crippen molar-refractivity contribution < 1.29 is 14.6 Å². The normalized spacial score (nSPS) is 18.2. The van der Waals surface area contributed by atoms with E-state index in [0.717, 1.165) is 49.3 Å². The van der Waals surface area contributed by atoms with E-state index in [0.29, 0.717) is 12.5 Å². The topological polar surface area (TPSA) is 59.4 Å². The molecule has 0 atom stereocenters. The Kier molecular flexibility index (Phi) is 3.90. The average molecular weight is 275 g/mol. The highest BCUT2D eigenvalue weighted by molar-refractivity contribution is 5.90.